The van der Waals surface area contributed by atoms with Crippen LogP contribution in [-0.4, -0.2) is 20.3 Å². The molecular formula is C20H13F3N4. The Bertz CT molecular complexity index is 1180. The van der Waals surface area contributed by atoms with E-state index in [-0.39, 0.29) is 11.6 Å². The molecule has 1 atom stereocenters. The molecule has 2 aliphatic rings. The zero-order valence-electron chi connectivity index (χ0n) is 14.2. The predicted octanol–water partition coefficient (Wildman–Crippen LogP) is 5.09. The van der Waals surface area contributed by atoms with Crippen molar-refractivity contribution in [2.45, 2.75) is 13.1 Å². The maximum absolute atomic E-state index is 13.2. The van der Waals surface area contributed by atoms with Crippen LogP contribution in [-0.2, 0) is 6.18 Å². The van der Waals surface area contributed by atoms with Crippen LogP contribution >= 0.6 is 0 Å². The molecule has 0 bridgehead atoms. The van der Waals surface area contributed by atoms with E-state index in [1.54, 1.807) is 12.1 Å². The lowest BCUT2D eigenvalue weighted by Crippen LogP contribution is -2.11. The molecule has 0 radical (unpaired) electrons. The minimum atomic E-state index is -4.57. The second-order valence-corrected chi connectivity index (χ2v) is 6.62. The number of pyridine rings is 1. The molecular weight excluding hydrogens is 353 g/mol. The molecule has 7 heteroatoms. The molecule has 1 unspecified atom stereocenters. The quantitative estimate of drug-likeness (QED) is 0.602. The average molecular weight is 366 g/mol. The Labute approximate surface area is 152 Å². The van der Waals surface area contributed by atoms with Gasteiger partial charge >= 0.3 is 6.18 Å². The molecule has 1 aliphatic carbocycles. The number of alkyl halides is 3. The van der Waals surface area contributed by atoms with Gasteiger partial charge in [0, 0.05) is 23.3 Å². The molecule has 2 aromatic heterocycles. The Hall–Kier alpha value is -3.22. The van der Waals surface area contributed by atoms with Crippen molar-refractivity contribution >= 4 is 22.6 Å². The highest BCUT2D eigenvalue weighted by Gasteiger charge is 2.37. The lowest BCUT2D eigenvalue weighted by atomic mass is 9.87. The fourth-order valence-corrected chi connectivity index (χ4v) is 3.64. The SMILES string of the molecule is CC1C=CC=C2C1=Nc1cccc(-c3ccc4nnc(C(F)(F)F)n4c3)c12. The fraction of sp³-hybridized carbons (Fsp3) is 0.150. The molecule has 1 aliphatic heterocycles. The highest BCUT2D eigenvalue weighted by atomic mass is 19.4. The van der Waals surface area contributed by atoms with Crippen molar-refractivity contribution in [2.75, 3.05) is 0 Å². The number of halogens is 3. The van der Waals surface area contributed by atoms with E-state index in [2.05, 4.69) is 23.2 Å². The second kappa shape index (κ2) is 5.39. The van der Waals surface area contributed by atoms with Crippen molar-refractivity contribution in [1.29, 1.82) is 0 Å². The van der Waals surface area contributed by atoms with E-state index in [9.17, 15) is 13.2 Å². The number of aromatic nitrogens is 3. The summed E-state index contributed by atoms with van der Waals surface area (Å²) in [6.45, 7) is 2.08. The first-order valence-electron chi connectivity index (χ1n) is 8.46. The van der Waals surface area contributed by atoms with Gasteiger partial charge in [-0.3, -0.25) is 9.39 Å². The smallest absolute Gasteiger partial charge is 0.278 e. The molecule has 1 aromatic carbocycles. The molecule has 3 heterocycles. The van der Waals surface area contributed by atoms with Gasteiger partial charge in [0.1, 0.15) is 0 Å². The number of aliphatic imine (C=N–C) groups is 1. The number of rotatable bonds is 1. The molecule has 3 aromatic rings. The average Bonchev–Trinajstić information content (AvgIpc) is 3.23. The van der Waals surface area contributed by atoms with Crippen LogP contribution in [0.4, 0.5) is 18.9 Å². The van der Waals surface area contributed by atoms with Gasteiger partial charge in [0.15, 0.2) is 5.65 Å². The topological polar surface area (TPSA) is 42.5 Å². The fourth-order valence-electron chi connectivity index (χ4n) is 3.64. The molecule has 0 saturated heterocycles. The van der Waals surface area contributed by atoms with Crippen LogP contribution in [0.25, 0.3) is 22.3 Å². The van der Waals surface area contributed by atoms with Crippen molar-refractivity contribution < 1.29 is 13.2 Å². The van der Waals surface area contributed by atoms with E-state index in [4.69, 9.17) is 4.99 Å². The normalized spacial score (nSPS) is 18.3. The molecule has 0 N–H and O–H groups in total. The summed E-state index contributed by atoms with van der Waals surface area (Å²) in [5, 5.41) is 6.91. The first-order valence-corrected chi connectivity index (χ1v) is 8.46. The van der Waals surface area contributed by atoms with Crippen LogP contribution in [0, 0.1) is 5.92 Å². The number of fused-ring (bicyclic) bond motifs is 4. The Morgan fingerprint density at radius 2 is 1.93 bits per heavy atom. The molecule has 134 valence electrons. The summed E-state index contributed by atoms with van der Waals surface area (Å²) < 4.78 is 40.6. The summed E-state index contributed by atoms with van der Waals surface area (Å²) >= 11 is 0. The monoisotopic (exact) mass is 366 g/mol. The van der Waals surface area contributed by atoms with Crippen molar-refractivity contribution in [3.63, 3.8) is 0 Å². The van der Waals surface area contributed by atoms with Gasteiger partial charge in [-0.05, 0) is 29.3 Å². The van der Waals surface area contributed by atoms with Crippen molar-refractivity contribution in [2.24, 2.45) is 10.9 Å². The van der Waals surface area contributed by atoms with Gasteiger partial charge in [0.05, 0.1) is 11.4 Å². The Kier molecular flexibility index (Phi) is 3.19. The summed E-state index contributed by atoms with van der Waals surface area (Å²) in [5.41, 5.74) is 5.45. The van der Waals surface area contributed by atoms with Gasteiger partial charge < -0.3 is 0 Å². The summed E-state index contributed by atoms with van der Waals surface area (Å²) in [6.07, 6.45) is 2.95. The van der Waals surface area contributed by atoms with E-state index in [0.29, 0.717) is 5.56 Å². The molecule has 0 saturated carbocycles. The van der Waals surface area contributed by atoms with E-state index >= 15 is 0 Å². The summed E-state index contributed by atoms with van der Waals surface area (Å²) in [7, 11) is 0. The van der Waals surface area contributed by atoms with Gasteiger partial charge in [0.2, 0.25) is 5.82 Å². The van der Waals surface area contributed by atoms with Crippen LogP contribution in [0.3, 0.4) is 0 Å². The largest absolute Gasteiger partial charge is 0.452 e. The Morgan fingerprint density at radius 1 is 1.07 bits per heavy atom. The highest BCUT2D eigenvalue weighted by Crippen LogP contribution is 2.44. The minimum absolute atomic E-state index is 0.157. The van der Waals surface area contributed by atoms with Crippen LogP contribution in [0.15, 0.2) is 59.7 Å². The number of hydrogen-bond donors (Lipinski definition) is 0. The Balaban J connectivity index is 1.72. The maximum atomic E-state index is 13.2. The first-order chi connectivity index (χ1) is 12.9. The van der Waals surface area contributed by atoms with Crippen molar-refractivity contribution in [1.82, 2.24) is 14.6 Å². The molecule has 0 amide bonds. The standard InChI is InChI=1S/C20H13F3N4/c1-11-4-2-6-14-17-13(5-3-7-15(17)24-18(11)14)12-8-9-16-25-26-19(20(21,22)23)27(16)10-12/h2-11H,1H3. The second-order valence-electron chi connectivity index (χ2n) is 6.62. The number of allylic oxidation sites excluding steroid dienone is 4. The predicted molar refractivity (Wildman–Crippen MR) is 96.8 cm³/mol. The Morgan fingerprint density at radius 3 is 2.74 bits per heavy atom. The highest BCUT2D eigenvalue weighted by molar-refractivity contribution is 6.32. The summed E-state index contributed by atoms with van der Waals surface area (Å²) in [5.74, 6) is -0.834. The van der Waals surface area contributed by atoms with Crippen LogP contribution in [0.2, 0.25) is 0 Å². The maximum Gasteiger partial charge on any atom is 0.452 e. The van der Waals surface area contributed by atoms with Gasteiger partial charge in [-0.15, -0.1) is 10.2 Å². The van der Waals surface area contributed by atoms with E-state index in [1.807, 2.05) is 30.4 Å². The molecule has 27 heavy (non-hydrogen) atoms. The lowest BCUT2D eigenvalue weighted by molar-refractivity contribution is -0.145. The van der Waals surface area contributed by atoms with Gasteiger partial charge in [0.25, 0.3) is 0 Å². The van der Waals surface area contributed by atoms with Crippen LogP contribution in [0.5, 0.6) is 0 Å². The zero-order valence-corrected chi connectivity index (χ0v) is 14.2. The minimum Gasteiger partial charge on any atom is -0.278 e. The van der Waals surface area contributed by atoms with Crippen LogP contribution in [0.1, 0.15) is 18.3 Å². The van der Waals surface area contributed by atoms with E-state index < -0.39 is 12.0 Å². The third kappa shape index (κ3) is 2.34. The van der Waals surface area contributed by atoms with E-state index in [1.165, 1.54) is 6.20 Å². The van der Waals surface area contributed by atoms with Crippen molar-refractivity contribution in [3.05, 3.63) is 66.1 Å². The molecule has 0 fully saturated rings. The molecule has 4 nitrogen and oxygen atoms in total. The first kappa shape index (κ1) is 16.0. The van der Waals surface area contributed by atoms with E-state index in [0.717, 1.165) is 32.5 Å². The number of hydrogen-bond acceptors (Lipinski definition) is 3. The zero-order chi connectivity index (χ0) is 18.8. The molecule has 0 spiro atoms. The summed E-state index contributed by atoms with van der Waals surface area (Å²) in [4.78, 5) is 4.74. The van der Waals surface area contributed by atoms with Crippen molar-refractivity contribution in [3.8, 4) is 11.1 Å². The van der Waals surface area contributed by atoms with Crippen LogP contribution < -0.4 is 0 Å². The lowest BCUT2D eigenvalue weighted by Gasteiger charge is -2.15. The molecule has 5 rings (SSSR count). The summed E-state index contributed by atoms with van der Waals surface area (Å²) in [6, 6.07) is 9.01. The van der Waals surface area contributed by atoms with Gasteiger partial charge in [-0.25, -0.2) is 0 Å². The third-order valence-corrected chi connectivity index (χ3v) is 4.89. The van der Waals surface area contributed by atoms with Gasteiger partial charge in [-0.2, -0.15) is 13.2 Å². The third-order valence-electron chi connectivity index (χ3n) is 4.89. The van der Waals surface area contributed by atoms with Gasteiger partial charge in [-0.1, -0.05) is 37.3 Å². The number of benzene rings is 1. The number of nitrogens with zero attached hydrogens (tertiary/aromatic N) is 4.